The Labute approximate surface area is 191 Å². The zero-order valence-corrected chi connectivity index (χ0v) is 18.5. The van der Waals surface area contributed by atoms with Gasteiger partial charge in [0, 0.05) is 11.6 Å². The summed E-state index contributed by atoms with van der Waals surface area (Å²) in [7, 11) is 3.08. The maximum atomic E-state index is 12.8. The van der Waals surface area contributed by atoms with Crippen molar-refractivity contribution in [1.29, 1.82) is 0 Å². The minimum Gasteiger partial charge on any atom is -0.497 e. The van der Waals surface area contributed by atoms with Crippen LogP contribution in [0.4, 0.5) is 0 Å². The molecule has 0 fully saturated rings. The summed E-state index contributed by atoms with van der Waals surface area (Å²) in [6, 6.07) is 21.4. The molecule has 0 saturated heterocycles. The molecule has 3 rings (SSSR count). The molecule has 0 radical (unpaired) electrons. The zero-order valence-electron chi connectivity index (χ0n) is 17.7. The summed E-state index contributed by atoms with van der Waals surface area (Å²) < 4.78 is 21.7. The molecule has 0 bridgehead atoms. The van der Waals surface area contributed by atoms with Gasteiger partial charge in [-0.05, 0) is 40.9 Å². The molecular formula is C25H23ClO6. The molecule has 0 aliphatic heterocycles. The molecule has 3 aromatic carbocycles. The van der Waals surface area contributed by atoms with Gasteiger partial charge in [-0.2, -0.15) is 0 Å². The van der Waals surface area contributed by atoms with Crippen LogP contribution in [0.15, 0.2) is 72.8 Å². The van der Waals surface area contributed by atoms with E-state index in [9.17, 15) is 9.59 Å². The molecule has 1 unspecified atom stereocenters. The first kappa shape index (κ1) is 23.2. The van der Waals surface area contributed by atoms with Gasteiger partial charge in [-0.3, -0.25) is 9.59 Å². The monoisotopic (exact) mass is 454 g/mol. The summed E-state index contributed by atoms with van der Waals surface area (Å²) in [6.45, 7) is 0.227. The minimum atomic E-state index is -1.34. The Morgan fingerprint density at radius 2 is 1.44 bits per heavy atom. The van der Waals surface area contributed by atoms with Crippen LogP contribution in [0.1, 0.15) is 22.6 Å². The van der Waals surface area contributed by atoms with Crippen molar-refractivity contribution in [3.8, 4) is 17.2 Å². The predicted octanol–water partition coefficient (Wildman–Crippen LogP) is 4.88. The Kier molecular flexibility index (Phi) is 8.11. The summed E-state index contributed by atoms with van der Waals surface area (Å²) in [4.78, 5) is 25.0. The molecule has 7 heteroatoms. The van der Waals surface area contributed by atoms with Crippen molar-refractivity contribution in [3.05, 3.63) is 89.5 Å². The molecule has 1 atom stereocenters. The van der Waals surface area contributed by atoms with Gasteiger partial charge in [0.2, 0.25) is 5.24 Å². The van der Waals surface area contributed by atoms with E-state index in [0.717, 1.165) is 11.1 Å². The Morgan fingerprint density at radius 3 is 2.06 bits per heavy atom. The topological polar surface area (TPSA) is 71.1 Å². The number of methoxy groups -OCH3 is 2. The molecule has 32 heavy (non-hydrogen) atoms. The number of rotatable bonds is 10. The number of benzene rings is 3. The van der Waals surface area contributed by atoms with Gasteiger partial charge in [0.05, 0.1) is 14.2 Å². The second-order valence-corrected chi connectivity index (χ2v) is 7.24. The van der Waals surface area contributed by atoms with E-state index in [1.165, 1.54) is 7.11 Å². The fourth-order valence-electron chi connectivity index (χ4n) is 3.04. The van der Waals surface area contributed by atoms with Crippen molar-refractivity contribution in [2.24, 2.45) is 0 Å². The second-order valence-electron chi connectivity index (χ2n) is 6.87. The summed E-state index contributed by atoms with van der Waals surface area (Å²) in [5.41, 5.74) is 1.98. The standard InChI is InChI=1S/C25H23ClO6/c1-29-19-10-8-18(9-11-19)16-32-25(28)23(24(26)27)21-13-12-20(30-2)14-22(21)31-15-17-6-4-3-5-7-17/h3-14,23H,15-16H2,1-2H3. The molecule has 0 spiro atoms. The normalized spacial score (nSPS) is 11.3. The third-order valence-corrected chi connectivity index (χ3v) is 4.99. The quantitative estimate of drug-likeness (QED) is 0.247. The smallest absolute Gasteiger partial charge is 0.322 e. The third kappa shape index (κ3) is 6.02. The number of hydrogen-bond donors (Lipinski definition) is 0. The molecule has 6 nitrogen and oxygen atoms in total. The highest BCUT2D eigenvalue weighted by Gasteiger charge is 2.32. The van der Waals surface area contributed by atoms with Crippen LogP contribution in [0.5, 0.6) is 17.2 Å². The molecule has 0 aliphatic rings. The van der Waals surface area contributed by atoms with E-state index in [-0.39, 0.29) is 13.2 Å². The lowest BCUT2D eigenvalue weighted by Gasteiger charge is -2.18. The van der Waals surface area contributed by atoms with Crippen LogP contribution in [0.25, 0.3) is 0 Å². The molecule has 166 valence electrons. The molecule has 0 aliphatic carbocycles. The van der Waals surface area contributed by atoms with Gasteiger partial charge in [0.15, 0.2) is 5.92 Å². The molecular weight excluding hydrogens is 432 g/mol. The molecule has 0 aromatic heterocycles. The van der Waals surface area contributed by atoms with Gasteiger partial charge in [-0.15, -0.1) is 0 Å². The molecule has 0 saturated carbocycles. The number of carbonyl (C=O) groups excluding carboxylic acids is 2. The van der Waals surface area contributed by atoms with Gasteiger partial charge in [0.25, 0.3) is 0 Å². The van der Waals surface area contributed by atoms with E-state index in [4.69, 9.17) is 30.5 Å². The van der Waals surface area contributed by atoms with E-state index < -0.39 is 17.1 Å². The SMILES string of the molecule is COc1ccc(COC(=O)C(C(=O)Cl)c2ccc(OC)cc2OCc2ccccc2)cc1. The minimum absolute atomic E-state index is 0.0140. The molecule has 0 heterocycles. The van der Waals surface area contributed by atoms with Gasteiger partial charge < -0.3 is 18.9 Å². The van der Waals surface area contributed by atoms with Gasteiger partial charge in [-0.1, -0.05) is 48.5 Å². The summed E-state index contributed by atoms with van der Waals surface area (Å²) in [5.74, 6) is -0.591. The highest BCUT2D eigenvalue weighted by Crippen LogP contribution is 2.34. The van der Waals surface area contributed by atoms with E-state index in [1.54, 1.807) is 49.6 Å². The van der Waals surface area contributed by atoms with E-state index >= 15 is 0 Å². The first-order valence-electron chi connectivity index (χ1n) is 9.85. The second kappa shape index (κ2) is 11.2. The Balaban J connectivity index is 1.80. The molecule has 0 N–H and O–H groups in total. The molecule has 0 amide bonds. The van der Waals surface area contributed by atoms with Crippen molar-refractivity contribution < 1.29 is 28.5 Å². The van der Waals surface area contributed by atoms with Crippen molar-refractivity contribution in [2.45, 2.75) is 19.1 Å². The average molecular weight is 455 g/mol. The number of halogens is 1. The van der Waals surface area contributed by atoms with E-state index in [1.807, 2.05) is 30.3 Å². The highest BCUT2D eigenvalue weighted by molar-refractivity contribution is 6.66. The van der Waals surface area contributed by atoms with Crippen LogP contribution in [0, 0.1) is 0 Å². The summed E-state index contributed by atoms with van der Waals surface area (Å²) in [5, 5.41) is -0.862. The fraction of sp³-hybridized carbons (Fsp3) is 0.200. The van der Waals surface area contributed by atoms with Gasteiger partial charge >= 0.3 is 5.97 Å². The fourth-order valence-corrected chi connectivity index (χ4v) is 3.25. The van der Waals surface area contributed by atoms with E-state index in [2.05, 4.69) is 0 Å². The van der Waals surface area contributed by atoms with Crippen molar-refractivity contribution in [1.82, 2.24) is 0 Å². The van der Waals surface area contributed by atoms with Crippen LogP contribution >= 0.6 is 11.6 Å². The highest BCUT2D eigenvalue weighted by atomic mass is 35.5. The number of carbonyl (C=O) groups is 2. The van der Waals surface area contributed by atoms with Crippen molar-refractivity contribution >= 4 is 22.8 Å². The average Bonchev–Trinajstić information content (AvgIpc) is 2.82. The lowest BCUT2D eigenvalue weighted by molar-refractivity contribution is -0.148. The predicted molar refractivity (Wildman–Crippen MR) is 120 cm³/mol. The number of hydrogen-bond acceptors (Lipinski definition) is 6. The number of esters is 1. The lowest BCUT2D eigenvalue weighted by atomic mass is 9.99. The molecule has 3 aromatic rings. The Bertz CT molecular complexity index is 1050. The third-order valence-electron chi connectivity index (χ3n) is 4.77. The first-order valence-corrected chi connectivity index (χ1v) is 10.2. The maximum absolute atomic E-state index is 12.8. The Morgan fingerprint density at radius 1 is 0.812 bits per heavy atom. The number of ether oxygens (including phenoxy) is 4. The maximum Gasteiger partial charge on any atom is 0.322 e. The van der Waals surface area contributed by atoms with Crippen molar-refractivity contribution in [3.63, 3.8) is 0 Å². The Hall–Kier alpha value is -3.51. The summed E-state index contributed by atoms with van der Waals surface area (Å²) in [6.07, 6.45) is 0. The summed E-state index contributed by atoms with van der Waals surface area (Å²) >= 11 is 5.81. The lowest BCUT2D eigenvalue weighted by Crippen LogP contribution is -2.22. The van der Waals surface area contributed by atoms with E-state index in [0.29, 0.717) is 22.8 Å². The van der Waals surface area contributed by atoms with Gasteiger partial charge in [-0.25, -0.2) is 0 Å². The van der Waals surface area contributed by atoms with Crippen LogP contribution in [0.2, 0.25) is 0 Å². The van der Waals surface area contributed by atoms with Crippen LogP contribution < -0.4 is 14.2 Å². The first-order chi connectivity index (χ1) is 15.5. The zero-order chi connectivity index (χ0) is 22.9. The van der Waals surface area contributed by atoms with Gasteiger partial charge in [0.1, 0.15) is 30.5 Å². The largest absolute Gasteiger partial charge is 0.497 e. The van der Waals surface area contributed by atoms with Crippen molar-refractivity contribution in [2.75, 3.05) is 14.2 Å². The van der Waals surface area contributed by atoms with Crippen LogP contribution in [0.3, 0.4) is 0 Å². The van der Waals surface area contributed by atoms with Crippen LogP contribution in [-0.4, -0.2) is 25.4 Å². The van der Waals surface area contributed by atoms with Crippen LogP contribution in [-0.2, 0) is 27.5 Å².